The van der Waals surface area contributed by atoms with Gasteiger partial charge in [0.2, 0.25) is 0 Å². The molecule has 1 heterocycles. The highest BCUT2D eigenvalue weighted by atomic mass is 16.5. The standard InChI is InChI=1S/C22H22N2O4/c1-27-18-9-6-16(7-10-18)8-11-22(26)28-15-21(25)23-13-12-17-14-24-20-5-3-2-4-19(17)20/h2-11,14,24H,12-13,15H2,1H3,(H,23,25)/b11-8+. The van der Waals surface area contributed by atoms with Crippen LogP contribution in [0, 0.1) is 0 Å². The van der Waals surface area contributed by atoms with E-state index in [2.05, 4.69) is 10.3 Å². The topological polar surface area (TPSA) is 80.4 Å². The Bertz CT molecular complexity index is 974. The molecule has 1 aromatic heterocycles. The van der Waals surface area contributed by atoms with E-state index in [-0.39, 0.29) is 12.5 Å². The summed E-state index contributed by atoms with van der Waals surface area (Å²) in [6, 6.07) is 15.2. The summed E-state index contributed by atoms with van der Waals surface area (Å²) in [4.78, 5) is 26.8. The number of fused-ring (bicyclic) bond motifs is 1. The maximum absolute atomic E-state index is 11.9. The fourth-order valence-electron chi connectivity index (χ4n) is 2.79. The van der Waals surface area contributed by atoms with Crippen molar-refractivity contribution in [2.75, 3.05) is 20.3 Å². The molecule has 0 saturated carbocycles. The van der Waals surface area contributed by atoms with E-state index in [9.17, 15) is 9.59 Å². The number of H-pyrrole nitrogens is 1. The van der Waals surface area contributed by atoms with E-state index in [1.165, 1.54) is 6.08 Å². The number of hydrogen-bond donors (Lipinski definition) is 2. The lowest BCUT2D eigenvalue weighted by atomic mass is 10.1. The smallest absolute Gasteiger partial charge is 0.331 e. The van der Waals surface area contributed by atoms with Crippen LogP contribution in [-0.2, 0) is 20.7 Å². The Hall–Kier alpha value is -3.54. The molecule has 0 spiro atoms. The molecule has 6 nitrogen and oxygen atoms in total. The summed E-state index contributed by atoms with van der Waals surface area (Å²) in [6.07, 6.45) is 5.56. The third-order valence-electron chi connectivity index (χ3n) is 4.26. The van der Waals surface area contributed by atoms with Crippen LogP contribution >= 0.6 is 0 Å². The van der Waals surface area contributed by atoms with Crippen LogP contribution in [-0.4, -0.2) is 37.1 Å². The zero-order valence-electron chi connectivity index (χ0n) is 15.6. The number of aromatic amines is 1. The maximum atomic E-state index is 11.9. The number of benzene rings is 2. The minimum absolute atomic E-state index is 0.306. The van der Waals surface area contributed by atoms with Crippen molar-refractivity contribution >= 4 is 28.9 Å². The molecule has 6 heteroatoms. The summed E-state index contributed by atoms with van der Waals surface area (Å²) in [5, 5.41) is 3.90. The van der Waals surface area contributed by atoms with Crippen molar-refractivity contribution in [1.82, 2.24) is 10.3 Å². The summed E-state index contributed by atoms with van der Waals surface area (Å²) < 4.78 is 10.0. The highest BCUT2D eigenvalue weighted by Gasteiger charge is 2.06. The quantitative estimate of drug-likeness (QED) is 0.466. The highest BCUT2D eigenvalue weighted by Crippen LogP contribution is 2.17. The second-order valence-corrected chi connectivity index (χ2v) is 6.17. The number of nitrogens with one attached hydrogen (secondary N) is 2. The maximum Gasteiger partial charge on any atom is 0.331 e. The van der Waals surface area contributed by atoms with Gasteiger partial charge in [0.05, 0.1) is 7.11 Å². The first-order chi connectivity index (χ1) is 13.7. The lowest BCUT2D eigenvalue weighted by Crippen LogP contribution is -2.30. The van der Waals surface area contributed by atoms with Crippen molar-refractivity contribution in [2.24, 2.45) is 0 Å². The van der Waals surface area contributed by atoms with Crippen molar-refractivity contribution in [3.63, 3.8) is 0 Å². The first kappa shape index (κ1) is 19.2. The number of carbonyl (C=O) groups excluding carboxylic acids is 2. The average Bonchev–Trinajstić information content (AvgIpc) is 3.14. The van der Waals surface area contributed by atoms with Crippen molar-refractivity contribution in [3.8, 4) is 5.75 Å². The molecule has 144 valence electrons. The zero-order valence-corrected chi connectivity index (χ0v) is 15.6. The van der Waals surface area contributed by atoms with Crippen LogP contribution in [0.4, 0.5) is 0 Å². The number of methoxy groups -OCH3 is 1. The SMILES string of the molecule is COc1ccc(/C=C/C(=O)OCC(=O)NCCc2c[nH]c3ccccc23)cc1. The first-order valence-corrected chi connectivity index (χ1v) is 8.96. The highest BCUT2D eigenvalue weighted by molar-refractivity contribution is 5.89. The molecular weight excluding hydrogens is 356 g/mol. The van der Waals surface area contributed by atoms with Gasteiger partial charge in [-0.15, -0.1) is 0 Å². The third kappa shape index (κ3) is 5.23. The number of carbonyl (C=O) groups is 2. The predicted octanol–water partition coefficient (Wildman–Crippen LogP) is 3.09. The molecule has 0 unspecified atom stereocenters. The molecule has 0 radical (unpaired) electrons. The molecule has 3 aromatic rings. The largest absolute Gasteiger partial charge is 0.497 e. The molecular formula is C22H22N2O4. The Kier molecular flexibility index (Phi) is 6.46. The first-order valence-electron chi connectivity index (χ1n) is 8.96. The van der Waals surface area contributed by atoms with Gasteiger partial charge in [-0.25, -0.2) is 4.79 Å². The fourth-order valence-corrected chi connectivity index (χ4v) is 2.79. The van der Waals surface area contributed by atoms with Gasteiger partial charge in [0.25, 0.3) is 5.91 Å². The van der Waals surface area contributed by atoms with Gasteiger partial charge in [-0.2, -0.15) is 0 Å². The molecule has 0 fully saturated rings. The third-order valence-corrected chi connectivity index (χ3v) is 4.26. The van der Waals surface area contributed by atoms with Crippen molar-refractivity contribution in [2.45, 2.75) is 6.42 Å². The summed E-state index contributed by atoms with van der Waals surface area (Å²) >= 11 is 0. The van der Waals surface area contributed by atoms with Crippen LogP contribution < -0.4 is 10.1 Å². The number of esters is 1. The molecule has 2 aromatic carbocycles. The van der Waals surface area contributed by atoms with Gasteiger partial charge < -0.3 is 19.8 Å². The van der Waals surface area contributed by atoms with Crippen LogP contribution in [0.2, 0.25) is 0 Å². The van der Waals surface area contributed by atoms with E-state index >= 15 is 0 Å². The second-order valence-electron chi connectivity index (χ2n) is 6.17. The predicted molar refractivity (Wildman–Crippen MR) is 108 cm³/mol. The van der Waals surface area contributed by atoms with E-state index in [1.54, 1.807) is 25.3 Å². The lowest BCUT2D eigenvalue weighted by Gasteiger charge is -2.05. The number of ether oxygens (including phenoxy) is 2. The number of para-hydroxylation sites is 1. The summed E-state index contributed by atoms with van der Waals surface area (Å²) in [5.41, 5.74) is 3.04. The monoisotopic (exact) mass is 378 g/mol. The number of aromatic nitrogens is 1. The van der Waals surface area contributed by atoms with Gasteiger partial charge in [-0.3, -0.25) is 4.79 Å². The van der Waals surface area contributed by atoms with Crippen LogP contribution in [0.1, 0.15) is 11.1 Å². The van der Waals surface area contributed by atoms with Gasteiger partial charge in [0, 0.05) is 29.7 Å². The normalized spacial score (nSPS) is 10.9. The van der Waals surface area contributed by atoms with Crippen LogP contribution in [0.5, 0.6) is 5.75 Å². The molecule has 28 heavy (non-hydrogen) atoms. The van der Waals surface area contributed by atoms with Crippen LogP contribution in [0.3, 0.4) is 0 Å². The Morgan fingerprint density at radius 1 is 1.11 bits per heavy atom. The Morgan fingerprint density at radius 3 is 2.68 bits per heavy atom. The Morgan fingerprint density at radius 2 is 1.89 bits per heavy atom. The Labute approximate surface area is 163 Å². The zero-order chi connectivity index (χ0) is 19.8. The Balaban J connectivity index is 1.38. The molecule has 3 rings (SSSR count). The fraction of sp³-hybridized carbons (Fsp3) is 0.182. The van der Waals surface area contributed by atoms with E-state index in [1.807, 2.05) is 42.6 Å². The summed E-state index contributed by atoms with van der Waals surface area (Å²) in [5.74, 6) is -0.155. The van der Waals surface area contributed by atoms with E-state index < -0.39 is 5.97 Å². The second kappa shape index (κ2) is 9.41. The van der Waals surface area contributed by atoms with Gasteiger partial charge in [-0.1, -0.05) is 30.3 Å². The van der Waals surface area contributed by atoms with Gasteiger partial charge in [0.1, 0.15) is 5.75 Å². The van der Waals surface area contributed by atoms with E-state index in [0.29, 0.717) is 13.0 Å². The lowest BCUT2D eigenvalue weighted by molar-refractivity contribution is -0.143. The minimum Gasteiger partial charge on any atom is -0.497 e. The number of rotatable bonds is 8. The summed E-state index contributed by atoms with van der Waals surface area (Å²) in [6.45, 7) is 0.166. The summed E-state index contributed by atoms with van der Waals surface area (Å²) in [7, 11) is 1.59. The van der Waals surface area contributed by atoms with E-state index in [4.69, 9.17) is 9.47 Å². The van der Waals surface area contributed by atoms with Gasteiger partial charge in [0.15, 0.2) is 6.61 Å². The molecule has 0 aliphatic carbocycles. The molecule has 1 amide bonds. The number of hydrogen-bond acceptors (Lipinski definition) is 4. The molecule has 0 bridgehead atoms. The van der Waals surface area contributed by atoms with Crippen molar-refractivity contribution in [1.29, 1.82) is 0 Å². The molecule has 0 aliphatic rings. The molecule has 0 saturated heterocycles. The van der Waals surface area contributed by atoms with Crippen LogP contribution in [0.25, 0.3) is 17.0 Å². The van der Waals surface area contributed by atoms with Crippen LogP contribution in [0.15, 0.2) is 60.8 Å². The minimum atomic E-state index is -0.567. The van der Waals surface area contributed by atoms with Gasteiger partial charge in [-0.05, 0) is 41.8 Å². The van der Waals surface area contributed by atoms with E-state index in [0.717, 1.165) is 27.8 Å². The molecule has 0 aliphatic heterocycles. The average molecular weight is 378 g/mol. The molecule has 0 atom stereocenters. The number of amides is 1. The van der Waals surface area contributed by atoms with Gasteiger partial charge >= 0.3 is 5.97 Å². The molecule has 2 N–H and O–H groups in total. The van der Waals surface area contributed by atoms with Crippen molar-refractivity contribution in [3.05, 3.63) is 71.9 Å². The van der Waals surface area contributed by atoms with Crippen molar-refractivity contribution < 1.29 is 19.1 Å².